The topological polar surface area (TPSA) is 52.6 Å². The molecule has 2 rings (SSSR count). The normalized spacial score (nSPS) is 20.7. The highest BCUT2D eigenvalue weighted by atomic mass is 16.6. The number of ether oxygens (including phenoxy) is 2. The van der Waals surface area contributed by atoms with Gasteiger partial charge in [0.15, 0.2) is 6.61 Å². The quantitative estimate of drug-likeness (QED) is 0.646. The van der Waals surface area contributed by atoms with Crippen LogP contribution >= 0.6 is 0 Å². The Balaban J connectivity index is 2.33. The summed E-state index contributed by atoms with van der Waals surface area (Å²) in [5.41, 5.74) is 1.57. The summed E-state index contributed by atoms with van der Waals surface area (Å²) in [6, 6.07) is 7.25. The molecule has 4 heteroatoms. The minimum atomic E-state index is -0.910. The third kappa shape index (κ3) is 1.83. The highest BCUT2D eigenvalue weighted by molar-refractivity contribution is 5.86. The molecule has 0 saturated carbocycles. The van der Waals surface area contributed by atoms with E-state index in [1.807, 2.05) is 19.1 Å². The molecular formula is C11H10O4. The van der Waals surface area contributed by atoms with E-state index < -0.39 is 18.0 Å². The van der Waals surface area contributed by atoms with Crippen molar-refractivity contribution in [1.29, 1.82) is 0 Å². The summed E-state index contributed by atoms with van der Waals surface area (Å²) < 4.78 is 9.65. The Kier molecular flexibility index (Phi) is 2.41. The molecule has 1 aliphatic heterocycles. The Morgan fingerprint density at radius 2 is 2.00 bits per heavy atom. The molecule has 15 heavy (non-hydrogen) atoms. The molecule has 1 aromatic carbocycles. The van der Waals surface area contributed by atoms with Gasteiger partial charge in [-0.25, -0.2) is 9.59 Å². The monoisotopic (exact) mass is 206 g/mol. The first-order valence-electron chi connectivity index (χ1n) is 4.60. The number of hydrogen-bond acceptors (Lipinski definition) is 4. The summed E-state index contributed by atoms with van der Waals surface area (Å²) in [4.78, 5) is 22.4. The number of rotatable bonds is 1. The molecule has 1 aliphatic rings. The van der Waals surface area contributed by atoms with Gasteiger partial charge in [0.1, 0.15) is 0 Å². The van der Waals surface area contributed by atoms with Crippen LogP contribution in [-0.2, 0) is 19.1 Å². The lowest BCUT2D eigenvalue weighted by atomic mass is 10.0. The second-order valence-electron chi connectivity index (χ2n) is 3.33. The molecule has 0 bridgehead atoms. The van der Waals surface area contributed by atoms with Crippen LogP contribution in [0.3, 0.4) is 0 Å². The van der Waals surface area contributed by atoms with Gasteiger partial charge in [-0.3, -0.25) is 0 Å². The van der Waals surface area contributed by atoms with E-state index in [0.29, 0.717) is 5.56 Å². The number of esters is 2. The lowest BCUT2D eigenvalue weighted by Crippen LogP contribution is -2.32. The van der Waals surface area contributed by atoms with Crippen molar-refractivity contribution in [3.05, 3.63) is 35.4 Å². The standard InChI is InChI=1S/C11H10O4/c1-7-4-2-3-5-8(7)10-11(13)14-6-9(12)15-10/h2-5,10H,6H2,1H3. The van der Waals surface area contributed by atoms with E-state index in [4.69, 9.17) is 9.47 Å². The molecule has 0 spiro atoms. The largest absolute Gasteiger partial charge is 0.451 e. The van der Waals surface area contributed by atoms with E-state index in [9.17, 15) is 9.59 Å². The van der Waals surface area contributed by atoms with Crippen molar-refractivity contribution in [2.24, 2.45) is 0 Å². The molecule has 1 atom stereocenters. The minimum absolute atomic E-state index is 0.290. The van der Waals surface area contributed by atoms with Gasteiger partial charge >= 0.3 is 11.9 Å². The predicted octanol–water partition coefficient (Wildman–Crippen LogP) is 1.14. The molecule has 0 aromatic heterocycles. The van der Waals surface area contributed by atoms with Crippen molar-refractivity contribution in [1.82, 2.24) is 0 Å². The number of carbonyl (C=O) groups is 2. The Morgan fingerprint density at radius 1 is 1.27 bits per heavy atom. The number of aryl methyl sites for hydroxylation is 1. The van der Waals surface area contributed by atoms with Crippen molar-refractivity contribution in [2.45, 2.75) is 13.0 Å². The molecule has 0 N–H and O–H groups in total. The zero-order valence-corrected chi connectivity index (χ0v) is 8.23. The van der Waals surface area contributed by atoms with E-state index in [-0.39, 0.29) is 6.61 Å². The van der Waals surface area contributed by atoms with Crippen molar-refractivity contribution in [3.8, 4) is 0 Å². The first-order chi connectivity index (χ1) is 7.18. The van der Waals surface area contributed by atoms with E-state index in [1.54, 1.807) is 12.1 Å². The lowest BCUT2D eigenvalue weighted by Gasteiger charge is -2.22. The SMILES string of the molecule is Cc1ccccc1C1OC(=O)COC1=O. The van der Waals surface area contributed by atoms with Gasteiger partial charge in [0.2, 0.25) is 6.10 Å². The third-order valence-corrected chi connectivity index (χ3v) is 2.27. The van der Waals surface area contributed by atoms with Crippen LogP contribution < -0.4 is 0 Å². The maximum absolute atomic E-state index is 11.4. The zero-order chi connectivity index (χ0) is 10.8. The molecule has 1 saturated heterocycles. The molecule has 0 amide bonds. The van der Waals surface area contributed by atoms with Crippen LogP contribution in [0.2, 0.25) is 0 Å². The molecule has 1 aromatic rings. The molecule has 0 aliphatic carbocycles. The second kappa shape index (κ2) is 3.73. The van der Waals surface area contributed by atoms with E-state index in [0.717, 1.165) is 5.56 Å². The second-order valence-corrected chi connectivity index (χ2v) is 3.33. The Bertz CT molecular complexity index is 411. The summed E-state index contributed by atoms with van der Waals surface area (Å²) in [6.07, 6.45) is -0.910. The van der Waals surface area contributed by atoms with Crippen LogP contribution in [0.5, 0.6) is 0 Å². The number of cyclic esters (lactones) is 2. The molecule has 78 valence electrons. The summed E-state index contributed by atoms with van der Waals surface area (Å²) in [5.74, 6) is -1.02. The van der Waals surface area contributed by atoms with Gasteiger partial charge in [-0.1, -0.05) is 24.3 Å². The van der Waals surface area contributed by atoms with Crippen molar-refractivity contribution < 1.29 is 19.1 Å². The Hall–Kier alpha value is -1.84. The van der Waals surface area contributed by atoms with Gasteiger partial charge in [-0.2, -0.15) is 0 Å². The van der Waals surface area contributed by atoms with Gasteiger partial charge < -0.3 is 9.47 Å². The average molecular weight is 206 g/mol. The summed E-state index contributed by atoms with van der Waals surface area (Å²) >= 11 is 0. The van der Waals surface area contributed by atoms with Crippen molar-refractivity contribution in [3.63, 3.8) is 0 Å². The molecule has 1 heterocycles. The zero-order valence-electron chi connectivity index (χ0n) is 8.23. The molecule has 0 radical (unpaired) electrons. The summed E-state index contributed by atoms with van der Waals surface area (Å²) in [5, 5.41) is 0. The van der Waals surface area contributed by atoms with Crippen molar-refractivity contribution in [2.75, 3.05) is 6.61 Å². The predicted molar refractivity (Wildman–Crippen MR) is 51.0 cm³/mol. The highest BCUT2D eigenvalue weighted by Crippen LogP contribution is 2.24. The van der Waals surface area contributed by atoms with Crippen LogP contribution in [0, 0.1) is 6.92 Å². The summed E-state index contributed by atoms with van der Waals surface area (Å²) in [6.45, 7) is 1.56. The first-order valence-corrected chi connectivity index (χ1v) is 4.60. The fourth-order valence-corrected chi connectivity index (χ4v) is 1.49. The number of benzene rings is 1. The third-order valence-electron chi connectivity index (χ3n) is 2.27. The van der Waals surface area contributed by atoms with Gasteiger partial charge in [0, 0.05) is 5.56 Å². The maximum atomic E-state index is 11.4. The average Bonchev–Trinajstić information content (AvgIpc) is 2.23. The van der Waals surface area contributed by atoms with E-state index in [2.05, 4.69) is 0 Å². The maximum Gasteiger partial charge on any atom is 0.352 e. The first kappa shape index (κ1) is 9.71. The van der Waals surface area contributed by atoms with Crippen LogP contribution in [0.25, 0.3) is 0 Å². The van der Waals surface area contributed by atoms with E-state index >= 15 is 0 Å². The van der Waals surface area contributed by atoms with Gasteiger partial charge in [-0.15, -0.1) is 0 Å². The van der Waals surface area contributed by atoms with Crippen LogP contribution in [0.15, 0.2) is 24.3 Å². The van der Waals surface area contributed by atoms with Crippen LogP contribution in [-0.4, -0.2) is 18.5 Å². The van der Waals surface area contributed by atoms with Crippen LogP contribution in [0.4, 0.5) is 0 Å². The fraction of sp³-hybridized carbons (Fsp3) is 0.273. The van der Waals surface area contributed by atoms with Crippen LogP contribution in [0.1, 0.15) is 17.2 Å². The molecule has 4 nitrogen and oxygen atoms in total. The van der Waals surface area contributed by atoms with Gasteiger partial charge in [-0.05, 0) is 12.5 Å². The molecule has 1 unspecified atom stereocenters. The Labute approximate surface area is 86.8 Å². The smallest absolute Gasteiger partial charge is 0.352 e. The lowest BCUT2D eigenvalue weighted by molar-refractivity contribution is -0.185. The van der Waals surface area contributed by atoms with Gasteiger partial charge in [0.05, 0.1) is 0 Å². The van der Waals surface area contributed by atoms with E-state index in [1.165, 1.54) is 0 Å². The molecule has 1 fully saturated rings. The molecular weight excluding hydrogens is 196 g/mol. The Morgan fingerprint density at radius 3 is 2.73 bits per heavy atom. The number of hydrogen-bond donors (Lipinski definition) is 0. The van der Waals surface area contributed by atoms with Gasteiger partial charge in [0.25, 0.3) is 0 Å². The summed E-state index contributed by atoms with van der Waals surface area (Å²) in [7, 11) is 0. The number of carbonyl (C=O) groups excluding carboxylic acids is 2. The van der Waals surface area contributed by atoms with Crippen molar-refractivity contribution >= 4 is 11.9 Å². The fourth-order valence-electron chi connectivity index (χ4n) is 1.49. The highest BCUT2D eigenvalue weighted by Gasteiger charge is 2.32. The minimum Gasteiger partial charge on any atom is -0.451 e.